The highest BCUT2D eigenvalue weighted by molar-refractivity contribution is 9.11. The molecule has 0 saturated heterocycles. The minimum atomic E-state index is 0.591. The van der Waals surface area contributed by atoms with E-state index in [2.05, 4.69) is 44.9 Å². The maximum atomic E-state index is 9.08. The molecule has 0 radical (unpaired) electrons. The number of thiophene rings is 1. The van der Waals surface area contributed by atoms with Crippen molar-refractivity contribution in [1.29, 1.82) is 5.26 Å². The second-order valence-corrected chi connectivity index (χ2v) is 6.53. The Hall–Kier alpha value is -0.830. The number of halogens is 2. The molecule has 2 N–H and O–H groups in total. The van der Waals surface area contributed by atoms with Crippen molar-refractivity contribution in [3.8, 4) is 16.5 Å². The Morgan fingerprint density at radius 2 is 2.11 bits per heavy atom. The van der Waals surface area contributed by atoms with Gasteiger partial charge in [-0.3, -0.25) is 0 Å². The van der Waals surface area contributed by atoms with E-state index in [9.17, 15) is 0 Å². The maximum absolute atomic E-state index is 9.08. The quantitative estimate of drug-likeness (QED) is 0.794. The Morgan fingerprint density at radius 1 is 1.39 bits per heavy atom. The van der Waals surface area contributed by atoms with Gasteiger partial charge in [-0.2, -0.15) is 5.26 Å². The van der Waals surface area contributed by atoms with Gasteiger partial charge in [0.15, 0.2) is 0 Å². The third-order valence-electron chi connectivity index (χ3n) is 2.68. The van der Waals surface area contributed by atoms with Gasteiger partial charge in [0.25, 0.3) is 0 Å². The summed E-state index contributed by atoms with van der Waals surface area (Å²) in [4.78, 5) is 1.66. The molecule has 1 aromatic heterocycles. The van der Waals surface area contributed by atoms with Gasteiger partial charge in [-0.25, -0.2) is 0 Å². The van der Waals surface area contributed by atoms with E-state index in [1.54, 1.807) is 0 Å². The lowest BCUT2D eigenvalue weighted by Gasteiger charge is -2.06. The second kappa shape index (κ2) is 5.43. The van der Waals surface area contributed by atoms with Crippen LogP contribution in [-0.2, 0) is 6.42 Å². The van der Waals surface area contributed by atoms with Crippen LogP contribution >= 0.6 is 43.2 Å². The number of nitrogen functional groups attached to an aromatic ring is 1. The Morgan fingerprint density at radius 3 is 2.72 bits per heavy atom. The first-order chi connectivity index (χ1) is 8.58. The molecule has 1 aromatic carbocycles. The van der Waals surface area contributed by atoms with Crippen LogP contribution in [0, 0.1) is 11.3 Å². The highest BCUT2D eigenvalue weighted by atomic mass is 79.9. The molecular formula is C13H10Br2N2S. The molecule has 0 atom stereocenters. The molecule has 0 unspecified atom stereocenters. The molecule has 2 rings (SSSR count). The van der Waals surface area contributed by atoms with Gasteiger partial charge in [0.2, 0.25) is 0 Å². The standard InChI is InChI=1S/C13H10Br2N2S/c1-2-8-12(17)11(6-16)18-13(8)9-5-7(14)3-4-10(9)15/h3-5H,2,17H2,1H3. The van der Waals surface area contributed by atoms with Crippen molar-refractivity contribution >= 4 is 48.9 Å². The van der Waals surface area contributed by atoms with E-state index in [1.165, 1.54) is 11.3 Å². The number of rotatable bonds is 2. The lowest BCUT2D eigenvalue weighted by atomic mass is 10.1. The van der Waals surface area contributed by atoms with Crippen molar-refractivity contribution in [2.45, 2.75) is 13.3 Å². The normalized spacial score (nSPS) is 10.3. The van der Waals surface area contributed by atoms with Gasteiger partial charge in [0.1, 0.15) is 10.9 Å². The summed E-state index contributed by atoms with van der Waals surface area (Å²) in [6.07, 6.45) is 0.818. The predicted molar refractivity (Wildman–Crippen MR) is 83.7 cm³/mol. The van der Waals surface area contributed by atoms with Gasteiger partial charge in [-0.15, -0.1) is 11.3 Å². The molecule has 92 valence electrons. The predicted octanol–water partition coefficient (Wildman–Crippen LogP) is 4.96. The fourth-order valence-corrected chi connectivity index (χ4v) is 3.88. The Labute approximate surface area is 127 Å². The highest BCUT2D eigenvalue weighted by Crippen LogP contribution is 2.42. The Bertz CT molecular complexity index is 641. The summed E-state index contributed by atoms with van der Waals surface area (Å²) in [5, 5.41) is 9.08. The summed E-state index contributed by atoms with van der Waals surface area (Å²) in [7, 11) is 0. The smallest absolute Gasteiger partial charge is 0.128 e. The Balaban J connectivity index is 2.71. The largest absolute Gasteiger partial charge is 0.397 e. The average molecular weight is 386 g/mol. The van der Waals surface area contributed by atoms with Crippen LogP contribution in [0.15, 0.2) is 27.1 Å². The summed E-state index contributed by atoms with van der Waals surface area (Å²) < 4.78 is 2.01. The average Bonchev–Trinajstić information content (AvgIpc) is 2.68. The van der Waals surface area contributed by atoms with Crippen LogP contribution in [-0.4, -0.2) is 0 Å². The molecule has 0 aliphatic rings. The van der Waals surface area contributed by atoms with Gasteiger partial charge < -0.3 is 5.73 Å². The monoisotopic (exact) mass is 384 g/mol. The maximum Gasteiger partial charge on any atom is 0.128 e. The summed E-state index contributed by atoms with van der Waals surface area (Å²) in [6, 6.07) is 8.16. The Kier molecular flexibility index (Phi) is 4.10. The van der Waals surface area contributed by atoms with Crippen molar-refractivity contribution in [3.63, 3.8) is 0 Å². The van der Waals surface area contributed by atoms with E-state index in [0.29, 0.717) is 10.6 Å². The third kappa shape index (κ3) is 2.33. The summed E-state index contributed by atoms with van der Waals surface area (Å²) in [5.41, 5.74) is 8.75. The fourth-order valence-electron chi connectivity index (χ4n) is 1.80. The SMILES string of the molecule is CCc1c(-c2cc(Br)ccc2Br)sc(C#N)c1N. The molecule has 1 heterocycles. The number of hydrogen-bond donors (Lipinski definition) is 1. The minimum absolute atomic E-state index is 0.591. The van der Waals surface area contributed by atoms with E-state index >= 15 is 0 Å². The van der Waals surface area contributed by atoms with E-state index in [1.807, 2.05) is 18.2 Å². The van der Waals surface area contributed by atoms with Crippen LogP contribution in [0.4, 0.5) is 5.69 Å². The molecule has 2 aromatic rings. The van der Waals surface area contributed by atoms with Crippen molar-refractivity contribution in [2.75, 3.05) is 5.73 Å². The van der Waals surface area contributed by atoms with Crippen molar-refractivity contribution in [2.24, 2.45) is 0 Å². The first-order valence-electron chi connectivity index (χ1n) is 5.35. The van der Waals surface area contributed by atoms with Gasteiger partial charge in [-0.05, 0) is 30.2 Å². The number of nitrogens with two attached hydrogens (primary N) is 1. The van der Waals surface area contributed by atoms with Crippen LogP contribution in [0.5, 0.6) is 0 Å². The van der Waals surface area contributed by atoms with Crippen LogP contribution in [0.1, 0.15) is 17.4 Å². The topological polar surface area (TPSA) is 49.8 Å². The van der Waals surface area contributed by atoms with Crippen LogP contribution in [0.3, 0.4) is 0 Å². The van der Waals surface area contributed by atoms with Crippen LogP contribution in [0.2, 0.25) is 0 Å². The molecule has 2 nitrogen and oxygen atoms in total. The molecule has 5 heteroatoms. The van der Waals surface area contributed by atoms with E-state index in [4.69, 9.17) is 11.0 Å². The third-order valence-corrected chi connectivity index (χ3v) is 5.05. The van der Waals surface area contributed by atoms with Gasteiger partial charge in [-0.1, -0.05) is 38.8 Å². The lowest BCUT2D eigenvalue weighted by Crippen LogP contribution is -1.91. The zero-order chi connectivity index (χ0) is 13.3. The number of nitrogens with zero attached hydrogens (tertiary/aromatic N) is 1. The molecule has 0 spiro atoms. The molecular weight excluding hydrogens is 376 g/mol. The molecule has 0 fully saturated rings. The van der Waals surface area contributed by atoms with Gasteiger partial charge >= 0.3 is 0 Å². The molecule has 18 heavy (non-hydrogen) atoms. The van der Waals surface area contributed by atoms with Crippen LogP contribution < -0.4 is 5.73 Å². The molecule has 0 saturated carbocycles. The first-order valence-corrected chi connectivity index (χ1v) is 7.75. The minimum Gasteiger partial charge on any atom is -0.397 e. The summed E-state index contributed by atoms with van der Waals surface area (Å²) in [5.74, 6) is 0. The van der Waals surface area contributed by atoms with Gasteiger partial charge in [0.05, 0.1) is 5.69 Å². The zero-order valence-electron chi connectivity index (χ0n) is 9.63. The van der Waals surface area contributed by atoms with Gasteiger partial charge in [0, 0.05) is 19.4 Å². The summed E-state index contributed by atoms with van der Waals surface area (Å²) >= 11 is 8.47. The zero-order valence-corrected chi connectivity index (χ0v) is 13.6. The van der Waals surface area contributed by atoms with Crippen LogP contribution in [0.25, 0.3) is 10.4 Å². The first kappa shape index (κ1) is 13.6. The molecule has 0 amide bonds. The number of hydrogen-bond acceptors (Lipinski definition) is 3. The van der Waals surface area contributed by atoms with Crippen molar-refractivity contribution < 1.29 is 0 Å². The second-order valence-electron chi connectivity index (χ2n) is 3.74. The highest BCUT2D eigenvalue weighted by Gasteiger charge is 2.17. The van der Waals surface area contributed by atoms with E-state index < -0.39 is 0 Å². The summed E-state index contributed by atoms with van der Waals surface area (Å²) in [6.45, 7) is 2.05. The van der Waals surface area contributed by atoms with Crippen molar-refractivity contribution in [3.05, 3.63) is 37.6 Å². The molecule has 0 bridgehead atoms. The number of nitriles is 1. The lowest BCUT2D eigenvalue weighted by molar-refractivity contribution is 1.16. The van der Waals surface area contributed by atoms with E-state index in [0.717, 1.165) is 31.4 Å². The number of benzene rings is 1. The van der Waals surface area contributed by atoms with Crippen molar-refractivity contribution in [1.82, 2.24) is 0 Å². The molecule has 0 aliphatic carbocycles. The van der Waals surface area contributed by atoms with E-state index in [-0.39, 0.29) is 0 Å². The fraction of sp³-hybridized carbons (Fsp3) is 0.154. The molecule has 0 aliphatic heterocycles. The number of anilines is 1.